The summed E-state index contributed by atoms with van der Waals surface area (Å²) in [5.74, 6) is 0.642. The van der Waals surface area contributed by atoms with E-state index in [1.165, 1.54) is 11.8 Å². The van der Waals surface area contributed by atoms with E-state index in [0.717, 1.165) is 60.0 Å². The number of hydrogen-bond acceptors (Lipinski definition) is 3. The van der Waals surface area contributed by atoms with Crippen molar-refractivity contribution in [1.82, 2.24) is 9.47 Å². The molecule has 31 heavy (non-hydrogen) atoms. The molecule has 0 saturated carbocycles. The summed E-state index contributed by atoms with van der Waals surface area (Å²) in [5, 5.41) is 14.0. The highest BCUT2D eigenvalue weighted by atomic mass is 35.5. The molecule has 1 saturated heterocycles. The molecule has 2 aromatic carbocycles. The van der Waals surface area contributed by atoms with Gasteiger partial charge in [0, 0.05) is 42.1 Å². The summed E-state index contributed by atoms with van der Waals surface area (Å²) < 4.78 is 2.28. The molecule has 3 aromatic rings. The van der Waals surface area contributed by atoms with E-state index < -0.39 is 0 Å². The van der Waals surface area contributed by atoms with Crippen molar-refractivity contribution < 1.29 is 4.79 Å². The predicted octanol–water partition coefficient (Wildman–Crippen LogP) is 4.65. The Morgan fingerprint density at radius 2 is 2.10 bits per heavy atom. The van der Waals surface area contributed by atoms with Gasteiger partial charge in [0.2, 0.25) is 5.91 Å². The molecule has 0 spiro atoms. The van der Waals surface area contributed by atoms with Crippen LogP contribution >= 0.6 is 24.0 Å². The first-order chi connectivity index (χ1) is 14.6. The second kappa shape index (κ2) is 8.92. The summed E-state index contributed by atoms with van der Waals surface area (Å²) in [5.41, 5.74) is 4.87. The first kappa shape index (κ1) is 21.7. The minimum Gasteiger partial charge on any atom is -0.347 e. The molecule has 0 bridgehead atoms. The van der Waals surface area contributed by atoms with E-state index in [0.29, 0.717) is 17.9 Å². The molecule has 3 heterocycles. The molecule has 5 nitrogen and oxygen atoms in total. The van der Waals surface area contributed by atoms with E-state index in [1.54, 1.807) is 0 Å². The molecule has 1 amide bonds. The van der Waals surface area contributed by atoms with Crippen LogP contribution in [0.4, 0.5) is 5.69 Å². The lowest BCUT2D eigenvalue weighted by Gasteiger charge is -2.17. The molecular weight excluding hydrogens is 431 g/mol. The van der Waals surface area contributed by atoms with Gasteiger partial charge in [0.25, 0.3) is 0 Å². The summed E-state index contributed by atoms with van der Waals surface area (Å²) >= 11 is 6.45. The van der Waals surface area contributed by atoms with Crippen molar-refractivity contribution in [1.29, 1.82) is 5.26 Å². The summed E-state index contributed by atoms with van der Waals surface area (Å²) in [4.78, 5) is 14.1. The molecule has 5 rings (SSSR count). The van der Waals surface area contributed by atoms with Crippen LogP contribution in [0.15, 0.2) is 42.6 Å². The molecular formula is C24H24Cl2N4O. The van der Waals surface area contributed by atoms with Crippen molar-refractivity contribution in [3.8, 4) is 6.07 Å². The molecule has 1 N–H and O–H groups in total. The Balaban J connectivity index is 0.00000231. The van der Waals surface area contributed by atoms with Crippen molar-refractivity contribution in [3.05, 3.63) is 64.3 Å². The van der Waals surface area contributed by atoms with Gasteiger partial charge in [0.15, 0.2) is 0 Å². The van der Waals surface area contributed by atoms with Gasteiger partial charge in [-0.25, -0.2) is 0 Å². The molecule has 0 aliphatic carbocycles. The van der Waals surface area contributed by atoms with Crippen molar-refractivity contribution in [2.24, 2.45) is 5.92 Å². The molecule has 160 valence electrons. The topological polar surface area (TPSA) is 61.1 Å². The first-order valence-electron chi connectivity index (χ1n) is 10.4. The van der Waals surface area contributed by atoms with E-state index >= 15 is 0 Å². The van der Waals surface area contributed by atoms with Gasteiger partial charge in [-0.3, -0.25) is 4.79 Å². The third kappa shape index (κ3) is 4.43. The summed E-state index contributed by atoms with van der Waals surface area (Å²) in [6, 6.07) is 14.2. The van der Waals surface area contributed by atoms with Crippen molar-refractivity contribution in [2.75, 3.05) is 25.0 Å². The fourth-order valence-electron chi connectivity index (χ4n) is 4.73. The summed E-state index contributed by atoms with van der Waals surface area (Å²) in [6.07, 6.45) is 4.65. The Hall–Kier alpha value is -2.52. The lowest BCUT2D eigenvalue weighted by Crippen LogP contribution is -2.24. The molecule has 7 heteroatoms. The van der Waals surface area contributed by atoms with E-state index in [-0.39, 0.29) is 18.3 Å². The molecule has 2 aliphatic rings. The van der Waals surface area contributed by atoms with Gasteiger partial charge in [-0.05, 0) is 66.1 Å². The Bertz CT molecular complexity index is 1180. The first-order valence-corrected chi connectivity index (χ1v) is 10.8. The van der Waals surface area contributed by atoms with Crippen molar-refractivity contribution in [3.63, 3.8) is 0 Å². The number of nitriles is 1. The summed E-state index contributed by atoms with van der Waals surface area (Å²) in [6.45, 7) is 4.11. The lowest BCUT2D eigenvalue weighted by molar-refractivity contribution is -0.115. The quantitative estimate of drug-likeness (QED) is 0.610. The minimum absolute atomic E-state index is 0. The second-order valence-corrected chi connectivity index (χ2v) is 8.79. The van der Waals surface area contributed by atoms with Gasteiger partial charge in [0.05, 0.1) is 18.1 Å². The molecule has 0 radical (unpaired) electrons. The van der Waals surface area contributed by atoms with Crippen LogP contribution in [-0.2, 0) is 24.2 Å². The molecule has 2 aliphatic heterocycles. The normalized spacial score (nSPS) is 17.9. The maximum absolute atomic E-state index is 11.6. The lowest BCUT2D eigenvalue weighted by atomic mass is 10.1. The number of amides is 1. The number of fused-ring (bicyclic) bond motifs is 2. The van der Waals surface area contributed by atoms with E-state index in [9.17, 15) is 10.1 Å². The zero-order valence-corrected chi connectivity index (χ0v) is 18.7. The van der Waals surface area contributed by atoms with Crippen molar-refractivity contribution in [2.45, 2.75) is 25.8 Å². The number of carbonyl (C=O) groups excluding carboxylic acids is 1. The Morgan fingerprint density at radius 3 is 2.94 bits per heavy atom. The van der Waals surface area contributed by atoms with Gasteiger partial charge in [0.1, 0.15) is 0 Å². The van der Waals surface area contributed by atoms with Gasteiger partial charge in [-0.2, -0.15) is 5.26 Å². The Kier molecular flexibility index (Phi) is 6.24. The monoisotopic (exact) mass is 454 g/mol. The number of nitrogens with zero attached hydrogens (tertiary/aromatic N) is 3. The smallest absolute Gasteiger partial charge is 0.228 e. The van der Waals surface area contributed by atoms with E-state index in [1.807, 2.05) is 24.3 Å². The largest absolute Gasteiger partial charge is 0.347 e. The summed E-state index contributed by atoms with van der Waals surface area (Å²) in [7, 11) is 0. The van der Waals surface area contributed by atoms with Gasteiger partial charge in [-0.15, -0.1) is 12.4 Å². The van der Waals surface area contributed by atoms with Crippen LogP contribution in [0.25, 0.3) is 10.9 Å². The highest BCUT2D eigenvalue weighted by Crippen LogP contribution is 2.30. The fraction of sp³-hybridized carbons (Fsp3) is 0.333. The molecule has 1 aromatic heterocycles. The third-order valence-corrected chi connectivity index (χ3v) is 6.67. The standard InChI is InChI=1S/C24H23ClN4O.ClH/c25-21-12-22-20(11-24(30)27-22)10-19(21)4-7-28-6-3-17(14-28)15-29-8-5-18-2-1-16(13-26)9-23(18)29;/h1-2,5,8-10,12,17H,3-4,6-7,11,14-15H2,(H,27,30);1H. The van der Waals surface area contributed by atoms with E-state index in [2.05, 4.69) is 39.2 Å². The van der Waals surface area contributed by atoms with Crippen LogP contribution in [0.1, 0.15) is 23.1 Å². The maximum Gasteiger partial charge on any atom is 0.228 e. The zero-order chi connectivity index (χ0) is 20.7. The minimum atomic E-state index is 0. The number of aromatic nitrogens is 1. The number of benzene rings is 2. The number of rotatable bonds is 5. The Morgan fingerprint density at radius 1 is 1.23 bits per heavy atom. The van der Waals surface area contributed by atoms with Gasteiger partial charge < -0.3 is 14.8 Å². The van der Waals surface area contributed by atoms with Gasteiger partial charge >= 0.3 is 0 Å². The maximum atomic E-state index is 11.6. The van der Waals surface area contributed by atoms with Crippen LogP contribution in [0.3, 0.4) is 0 Å². The van der Waals surface area contributed by atoms with Crippen LogP contribution in [0.2, 0.25) is 5.02 Å². The molecule has 1 fully saturated rings. The number of nitrogens with one attached hydrogen (secondary N) is 1. The van der Waals surface area contributed by atoms with Crippen LogP contribution in [0, 0.1) is 17.2 Å². The number of halogens is 2. The molecule has 1 unspecified atom stereocenters. The van der Waals surface area contributed by atoms with E-state index in [4.69, 9.17) is 11.6 Å². The highest BCUT2D eigenvalue weighted by molar-refractivity contribution is 6.32. The number of hydrogen-bond donors (Lipinski definition) is 1. The second-order valence-electron chi connectivity index (χ2n) is 8.38. The third-order valence-electron chi connectivity index (χ3n) is 6.32. The Labute approximate surface area is 193 Å². The molecule has 1 atom stereocenters. The average Bonchev–Trinajstić information content (AvgIpc) is 3.44. The van der Waals surface area contributed by atoms with Gasteiger partial charge in [-0.1, -0.05) is 23.7 Å². The number of carbonyl (C=O) groups is 1. The fourth-order valence-corrected chi connectivity index (χ4v) is 4.98. The van der Waals surface area contributed by atoms with Crippen LogP contribution in [-0.4, -0.2) is 35.0 Å². The number of anilines is 1. The van der Waals surface area contributed by atoms with Crippen LogP contribution in [0.5, 0.6) is 0 Å². The van der Waals surface area contributed by atoms with Crippen LogP contribution < -0.4 is 5.32 Å². The van der Waals surface area contributed by atoms with Crippen molar-refractivity contribution >= 4 is 46.5 Å². The predicted molar refractivity (Wildman–Crippen MR) is 126 cm³/mol. The zero-order valence-electron chi connectivity index (χ0n) is 17.1. The average molecular weight is 455 g/mol. The SMILES string of the molecule is Cl.N#Cc1ccc2ccn(CC3CCN(CCc4cc5c(cc4Cl)NC(=O)C5)C3)c2c1. The number of likely N-dealkylation sites (tertiary alicyclic amines) is 1. The highest BCUT2D eigenvalue weighted by Gasteiger charge is 2.24.